The zero-order valence-electron chi connectivity index (χ0n) is 30.1. The quantitative estimate of drug-likeness (QED) is 0.0809. The van der Waals surface area contributed by atoms with Crippen LogP contribution >= 0.6 is 54.5 Å². The average molecular weight is 835 g/mol. The fourth-order valence-corrected chi connectivity index (χ4v) is 10.9. The summed E-state index contributed by atoms with van der Waals surface area (Å²) in [5.41, 5.74) is 4.32. The van der Waals surface area contributed by atoms with Crippen LogP contribution in [0.15, 0.2) is 65.7 Å². The van der Waals surface area contributed by atoms with Crippen molar-refractivity contribution in [2.45, 2.75) is 118 Å². The second kappa shape index (κ2) is 17.1. The summed E-state index contributed by atoms with van der Waals surface area (Å²) in [6.45, 7) is 9.17. The number of hydrogen-bond acceptors (Lipinski definition) is 4. The summed E-state index contributed by atoms with van der Waals surface area (Å²) in [6, 6.07) is 17.0. The third-order valence-corrected chi connectivity index (χ3v) is 14.3. The summed E-state index contributed by atoms with van der Waals surface area (Å²) >= 11 is 10.5. The first-order valence-corrected chi connectivity index (χ1v) is 22.2. The van der Waals surface area contributed by atoms with Gasteiger partial charge in [0.1, 0.15) is 0 Å². The van der Waals surface area contributed by atoms with Crippen molar-refractivity contribution in [1.29, 1.82) is 0 Å². The van der Waals surface area contributed by atoms with Gasteiger partial charge in [0.15, 0.2) is 10.9 Å². The van der Waals surface area contributed by atoms with E-state index >= 15 is 0 Å². The first-order valence-electron chi connectivity index (χ1n) is 19.0. The largest absolute Gasteiger partial charge is 0.289 e. The van der Waals surface area contributed by atoms with E-state index in [1.54, 1.807) is 22.7 Å². The van der Waals surface area contributed by atoms with Gasteiger partial charge < -0.3 is 0 Å². The number of benzene rings is 2. The van der Waals surface area contributed by atoms with Crippen LogP contribution in [-0.2, 0) is 12.8 Å². The van der Waals surface area contributed by atoms with E-state index in [2.05, 4.69) is 96.0 Å². The van der Waals surface area contributed by atoms with Crippen LogP contribution in [0.5, 0.6) is 0 Å². The maximum Gasteiger partial charge on any atom is 0.195 e. The molecule has 4 aromatic carbocycles. The molecule has 0 bridgehead atoms. The highest BCUT2D eigenvalue weighted by Gasteiger charge is 2.26. The molecule has 0 aliphatic rings. The van der Waals surface area contributed by atoms with E-state index in [1.165, 1.54) is 86.1 Å². The Morgan fingerprint density at radius 3 is 1.62 bits per heavy atom. The number of fused-ring (bicyclic) bond motifs is 3. The van der Waals surface area contributed by atoms with Crippen molar-refractivity contribution < 1.29 is 0 Å². The van der Waals surface area contributed by atoms with E-state index in [1.807, 2.05) is 12.1 Å². The lowest BCUT2D eigenvalue weighted by Gasteiger charge is -2.22. The molecule has 0 radical (unpaired) electrons. The van der Waals surface area contributed by atoms with Gasteiger partial charge in [0.05, 0.1) is 7.57 Å². The molecular formula is C44H50Br2O2S2. The highest BCUT2D eigenvalue weighted by molar-refractivity contribution is 9.11. The zero-order valence-corrected chi connectivity index (χ0v) is 34.9. The molecule has 2 nitrogen and oxygen atoms in total. The van der Waals surface area contributed by atoms with Crippen LogP contribution in [0, 0.1) is 11.8 Å². The predicted molar refractivity (Wildman–Crippen MR) is 228 cm³/mol. The maximum atomic E-state index is 14.8. The Labute approximate surface area is 322 Å². The highest BCUT2D eigenvalue weighted by atomic mass is 79.9. The summed E-state index contributed by atoms with van der Waals surface area (Å²) in [7, 11) is 0. The smallest absolute Gasteiger partial charge is 0.195 e. The van der Waals surface area contributed by atoms with Gasteiger partial charge in [0.2, 0.25) is 0 Å². The van der Waals surface area contributed by atoms with E-state index < -0.39 is 0 Å². The molecular weight excluding hydrogens is 784 g/mol. The summed E-state index contributed by atoms with van der Waals surface area (Å²) in [5.74, 6) is 1.03. The molecule has 6 aromatic rings. The number of hydrogen-bond donors (Lipinski definition) is 0. The Balaban J connectivity index is 1.61. The van der Waals surface area contributed by atoms with Gasteiger partial charge in [-0.15, -0.1) is 22.7 Å². The van der Waals surface area contributed by atoms with Crippen molar-refractivity contribution >= 4 is 86.9 Å². The average Bonchev–Trinajstić information content (AvgIpc) is 3.90. The maximum absolute atomic E-state index is 14.8. The van der Waals surface area contributed by atoms with Crippen molar-refractivity contribution in [3.63, 3.8) is 0 Å². The van der Waals surface area contributed by atoms with Crippen LogP contribution in [0.25, 0.3) is 53.2 Å². The molecule has 2 unspecified atom stereocenters. The Kier molecular flexibility index (Phi) is 12.9. The Bertz CT molecular complexity index is 2160. The molecule has 0 aliphatic carbocycles. The Morgan fingerprint density at radius 2 is 1.10 bits per heavy atom. The summed E-state index contributed by atoms with van der Waals surface area (Å²) in [5, 5.41) is 6.18. The Hall–Kier alpha value is -2.12. The van der Waals surface area contributed by atoms with Gasteiger partial charge in [0, 0.05) is 31.7 Å². The third-order valence-electron chi connectivity index (χ3n) is 11.0. The molecule has 2 atom stereocenters. The zero-order chi connectivity index (χ0) is 35.4. The third kappa shape index (κ3) is 7.94. The topological polar surface area (TPSA) is 34.1 Å². The Morgan fingerprint density at radius 1 is 0.560 bits per heavy atom. The van der Waals surface area contributed by atoms with Gasteiger partial charge >= 0.3 is 0 Å². The second-order valence-electron chi connectivity index (χ2n) is 14.4. The SMILES string of the molecule is CCCCCCC(CC)Cc1c2cc3c(=O)c(-c4ccc(Br)s4)cc3cc2c(CC(CC)CCCCCC)c2c(=O)c(-c3ccc(Br)s3)cc12. The monoisotopic (exact) mass is 832 g/mol. The first-order chi connectivity index (χ1) is 24.3. The molecule has 2 aromatic heterocycles. The van der Waals surface area contributed by atoms with Crippen molar-refractivity contribution in [2.24, 2.45) is 11.8 Å². The normalized spacial score (nSPS) is 13.3. The van der Waals surface area contributed by atoms with Crippen LogP contribution in [0.2, 0.25) is 0 Å². The number of unbranched alkanes of at least 4 members (excludes halogenated alkanes) is 6. The molecule has 0 fully saturated rings. The van der Waals surface area contributed by atoms with Crippen molar-refractivity contribution in [1.82, 2.24) is 0 Å². The second-order valence-corrected chi connectivity index (χ2v) is 19.3. The summed E-state index contributed by atoms with van der Waals surface area (Å²) < 4.78 is 2.06. The molecule has 0 amide bonds. The van der Waals surface area contributed by atoms with E-state index in [0.29, 0.717) is 11.8 Å². The minimum atomic E-state index is 0.106. The van der Waals surface area contributed by atoms with Gasteiger partial charge in [-0.3, -0.25) is 9.59 Å². The van der Waals surface area contributed by atoms with Crippen molar-refractivity contribution in [3.05, 3.63) is 87.7 Å². The molecule has 0 aliphatic heterocycles. The van der Waals surface area contributed by atoms with E-state index in [-0.39, 0.29) is 10.9 Å². The fourth-order valence-electron chi connectivity index (χ4n) is 8.07. The van der Waals surface area contributed by atoms with Gasteiger partial charge in [0.25, 0.3) is 0 Å². The van der Waals surface area contributed by atoms with Crippen LogP contribution in [0.3, 0.4) is 0 Å². The molecule has 2 heterocycles. The van der Waals surface area contributed by atoms with E-state index in [4.69, 9.17) is 0 Å². The molecule has 264 valence electrons. The van der Waals surface area contributed by atoms with Gasteiger partial charge in [-0.05, 0) is 138 Å². The van der Waals surface area contributed by atoms with Crippen molar-refractivity contribution in [3.8, 4) is 20.9 Å². The van der Waals surface area contributed by atoms with E-state index in [0.717, 1.165) is 75.7 Å². The van der Waals surface area contributed by atoms with Crippen LogP contribution in [-0.4, -0.2) is 0 Å². The fraction of sp³-hybridized carbons (Fsp3) is 0.455. The van der Waals surface area contributed by atoms with Crippen LogP contribution < -0.4 is 10.9 Å². The minimum absolute atomic E-state index is 0.106. The minimum Gasteiger partial charge on any atom is -0.289 e. The highest BCUT2D eigenvalue weighted by Crippen LogP contribution is 2.42. The standard InChI is InChI=1S/C44H50Br2O2S2/c1-5-9-11-13-15-27(7-3)21-31-33-25-30-29(24-36(43(30)47)38-17-19-40(45)49-38)23-32(33)34(22-28(8-4)16-14-12-10-6-2)42-35(31)26-37(44(42)48)39-18-20-41(46)50-39/h17-20,23-28H,5-16,21-22H2,1-4H3. The van der Waals surface area contributed by atoms with Gasteiger partial charge in [-0.1, -0.05) is 105 Å². The van der Waals surface area contributed by atoms with Gasteiger partial charge in [-0.25, -0.2) is 0 Å². The molecule has 0 spiro atoms. The molecule has 6 heteroatoms. The first kappa shape index (κ1) is 37.6. The number of halogens is 2. The van der Waals surface area contributed by atoms with Gasteiger partial charge in [-0.2, -0.15) is 0 Å². The molecule has 0 N–H and O–H groups in total. The lowest BCUT2D eigenvalue weighted by molar-refractivity contribution is 0.440. The molecule has 0 saturated heterocycles. The lowest BCUT2D eigenvalue weighted by Crippen LogP contribution is -2.10. The number of thiophene rings is 2. The predicted octanol–water partition coefficient (Wildman–Crippen LogP) is 14.8. The number of rotatable bonds is 18. The van der Waals surface area contributed by atoms with Crippen LogP contribution in [0.4, 0.5) is 0 Å². The summed E-state index contributed by atoms with van der Waals surface area (Å²) in [6.07, 6.45) is 16.4. The molecule has 50 heavy (non-hydrogen) atoms. The molecule has 6 rings (SSSR count). The van der Waals surface area contributed by atoms with E-state index in [9.17, 15) is 9.59 Å². The summed E-state index contributed by atoms with van der Waals surface area (Å²) in [4.78, 5) is 30.9. The molecule has 0 saturated carbocycles. The van der Waals surface area contributed by atoms with Crippen molar-refractivity contribution in [2.75, 3.05) is 0 Å². The van der Waals surface area contributed by atoms with Crippen LogP contribution in [0.1, 0.15) is 116 Å². The lowest BCUT2D eigenvalue weighted by atomic mass is 9.82.